The molecule has 0 aromatic carbocycles. The van der Waals surface area contributed by atoms with Crippen LogP contribution in [0.3, 0.4) is 0 Å². The van der Waals surface area contributed by atoms with Crippen LogP contribution in [0.25, 0.3) is 11.6 Å². The summed E-state index contributed by atoms with van der Waals surface area (Å²) in [4.78, 5) is 4.28. The molecule has 2 atom stereocenters. The number of hydrogen-bond acceptors (Lipinski definition) is 2. The van der Waals surface area contributed by atoms with Gasteiger partial charge in [-0.2, -0.15) is 0 Å². The number of allylic oxidation sites excluding steroid dienone is 1. The third-order valence-corrected chi connectivity index (χ3v) is 3.96. The van der Waals surface area contributed by atoms with Crippen molar-refractivity contribution in [1.29, 1.82) is 0 Å². The van der Waals surface area contributed by atoms with Gasteiger partial charge in [0.2, 0.25) is 0 Å². The number of pyridine rings is 1. The number of nitrogens with zero attached hydrogens (tertiary/aromatic N) is 1. The Balaban J connectivity index is 1.86. The van der Waals surface area contributed by atoms with Crippen LogP contribution in [0.4, 0.5) is 0 Å². The van der Waals surface area contributed by atoms with Gasteiger partial charge in [0.1, 0.15) is 0 Å². The van der Waals surface area contributed by atoms with E-state index in [0.29, 0.717) is 6.04 Å². The monoisotopic (exact) mass is 226 g/mol. The lowest BCUT2D eigenvalue weighted by atomic mass is 9.83. The summed E-state index contributed by atoms with van der Waals surface area (Å²) in [7, 11) is 0. The molecule has 2 unspecified atom stereocenters. The maximum Gasteiger partial charge on any atom is 0.0343 e. The van der Waals surface area contributed by atoms with Crippen LogP contribution in [0.5, 0.6) is 0 Å². The molecule has 0 amide bonds. The fourth-order valence-corrected chi connectivity index (χ4v) is 2.94. The van der Waals surface area contributed by atoms with E-state index in [2.05, 4.69) is 29.0 Å². The molecule has 0 bridgehead atoms. The lowest BCUT2D eigenvalue weighted by Gasteiger charge is -2.25. The Kier molecular flexibility index (Phi) is 2.81. The van der Waals surface area contributed by atoms with Gasteiger partial charge in [-0.15, -0.1) is 0 Å². The third-order valence-electron chi connectivity index (χ3n) is 3.96. The SMILES string of the molecule is C=Cc1cncc(C2=CCC3CCNC3C2)c1. The first-order chi connectivity index (χ1) is 8.36. The second kappa shape index (κ2) is 4.46. The minimum absolute atomic E-state index is 0.683. The Morgan fingerprint density at radius 3 is 3.24 bits per heavy atom. The molecule has 1 aliphatic carbocycles. The second-order valence-corrected chi connectivity index (χ2v) is 4.99. The van der Waals surface area contributed by atoms with Crippen LogP contribution in [-0.4, -0.2) is 17.6 Å². The average molecular weight is 226 g/mol. The molecule has 1 saturated heterocycles. The summed E-state index contributed by atoms with van der Waals surface area (Å²) in [6.45, 7) is 4.98. The molecular formula is C15H18N2. The van der Waals surface area contributed by atoms with Crippen molar-refractivity contribution in [2.45, 2.75) is 25.3 Å². The van der Waals surface area contributed by atoms with Crippen LogP contribution in [-0.2, 0) is 0 Å². The van der Waals surface area contributed by atoms with E-state index in [4.69, 9.17) is 0 Å². The summed E-state index contributed by atoms with van der Waals surface area (Å²) in [5.74, 6) is 0.856. The van der Waals surface area contributed by atoms with Gasteiger partial charge in [-0.05, 0) is 54.5 Å². The highest BCUT2D eigenvalue weighted by atomic mass is 15.0. The molecule has 2 aliphatic rings. The molecule has 1 fully saturated rings. The van der Waals surface area contributed by atoms with E-state index in [9.17, 15) is 0 Å². The van der Waals surface area contributed by atoms with Crippen LogP contribution in [0, 0.1) is 5.92 Å². The first-order valence-corrected chi connectivity index (χ1v) is 6.37. The van der Waals surface area contributed by atoms with Gasteiger partial charge >= 0.3 is 0 Å². The molecule has 3 rings (SSSR count). The van der Waals surface area contributed by atoms with E-state index in [1.165, 1.54) is 30.5 Å². The minimum Gasteiger partial charge on any atom is -0.313 e. The number of hydrogen-bond donors (Lipinski definition) is 1. The molecule has 0 saturated carbocycles. The lowest BCUT2D eigenvalue weighted by Crippen LogP contribution is -2.29. The number of rotatable bonds is 2. The lowest BCUT2D eigenvalue weighted by molar-refractivity contribution is 0.445. The predicted octanol–water partition coefficient (Wildman–Crippen LogP) is 2.88. The number of nitrogens with one attached hydrogen (secondary N) is 1. The number of aromatic nitrogens is 1. The Hall–Kier alpha value is -1.41. The van der Waals surface area contributed by atoms with Crippen molar-refractivity contribution < 1.29 is 0 Å². The minimum atomic E-state index is 0.683. The van der Waals surface area contributed by atoms with Gasteiger partial charge in [-0.3, -0.25) is 4.98 Å². The molecule has 2 heteroatoms. The van der Waals surface area contributed by atoms with Gasteiger partial charge in [0.25, 0.3) is 0 Å². The Labute approximate surface area is 102 Å². The van der Waals surface area contributed by atoms with E-state index in [-0.39, 0.29) is 0 Å². The summed E-state index contributed by atoms with van der Waals surface area (Å²) in [6.07, 6.45) is 11.8. The second-order valence-electron chi connectivity index (χ2n) is 4.99. The molecule has 1 aliphatic heterocycles. The van der Waals surface area contributed by atoms with Crippen molar-refractivity contribution in [2.75, 3.05) is 6.54 Å². The Morgan fingerprint density at radius 2 is 2.35 bits per heavy atom. The normalized spacial score (nSPS) is 27.4. The summed E-state index contributed by atoms with van der Waals surface area (Å²) < 4.78 is 0. The maximum atomic E-state index is 4.28. The van der Waals surface area contributed by atoms with E-state index >= 15 is 0 Å². The first-order valence-electron chi connectivity index (χ1n) is 6.37. The quantitative estimate of drug-likeness (QED) is 0.838. The Bertz CT molecular complexity index is 462. The largest absolute Gasteiger partial charge is 0.313 e. The van der Waals surface area contributed by atoms with Gasteiger partial charge in [-0.25, -0.2) is 0 Å². The smallest absolute Gasteiger partial charge is 0.0343 e. The van der Waals surface area contributed by atoms with E-state index in [0.717, 1.165) is 17.9 Å². The fourth-order valence-electron chi connectivity index (χ4n) is 2.94. The highest BCUT2D eigenvalue weighted by Gasteiger charge is 2.29. The Morgan fingerprint density at radius 1 is 1.41 bits per heavy atom. The van der Waals surface area contributed by atoms with Crippen molar-refractivity contribution >= 4 is 11.6 Å². The van der Waals surface area contributed by atoms with Gasteiger partial charge in [0, 0.05) is 18.4 Å². The van der Waals surface area contributed by atoms with Crippen molar-refractivity contribution in [1.82, 2.24) is 10.3 Å². The van der Waals surface area contributed by atoms with Gasteiger partial charge in [-0.1, -0.05) is 18.7 Å². The predicted molar refractivity (Wildman–Crippen MR) is 71.4 cm³/mol. The molecule has 1 aromatic rings. The van der Waals surface area contributed by atoms with Crippen molar-refractivity contribution in [3.05, 3.63) is 42.2 Å². The number of fused-ring (bicyclic) bond motifs is 1. The van der Waals surface area contributed by atoms with Crippen LogP contribution >= 0.6 is 0 Å². The molecule has 1 aromatic heterocycles. The molecule has 1 N–H and O–H groups in total. The topological polar surface area (TPSA) is 24.9 Å². The van der Waals surface area contributed by atoms with Crippen molar-refractivity contribution in [2.24, 2.45) is 5.92 Å². The first kappa shape index (κ1) is 10.7. The van der Waals surface area contributed by atoms with Crippen LogP contribution < -0.4 is 5.32 Å². The zero-order chi connectivity index (χ0) is 11.7. The average Bonchev–Trinajstić information content (AvgIpc) is 2.86. The van der Waals surface area contributed by atoms with Gasteiger partial charge < -0.3 is 5.32 Å². The molecule has 0 spiro atoms. The zero-order valence-corrected chi connectivity index (χ0v) is 10.0. The van der Waals surface area contributed by atoms with Crippen LogP contribution in [0.15, 0.2) is 31.1 Å². The maximum absolute atomic E-state index is 4.28. The molecule has 2 nitrogen and oxygen atoms in total. The summed E-state index contributed by atoms with van der Waals surface area (Å²) in [6, 6.07) is 2.86. The van der Waals surface area contributed by atoms with Gasteiger partial charge in [0.15, 0.2) is 0 Å². The van der Waals surface area contributed by atoms with Crippen molar-refractivity contribution in [3.63, 3.8) is 0 Å². The molecular weight excluding hydrogens is 208 g/mol. The molecule has 88 valence electrons. The van der Waals surface area contributed by atoms with E-state index in [1.807, 2.05) is 18.5 Å². The summed E-state index contributed by atoms with van der Waals surface area (Å²) in [5.41, 5.74) is 3.80. The summed E-state index contributed by atoms with van der Waals surface area (Å²) >= 11 is 0. The highest BCUT2D eigenvalue weighted by molar-refractivity contribution is 5.68. The highest BCUT2D eigenvalue weighted by Crippen LogP contribution is 2.34. The van der Waals surface area contributed by atoms with Crippen molar-refractivity contribution in [3.8, 4) is 0 Å². The zero-order valence-electron chi connectivity index (χ0n) is 10.0. The summed E-state index contributed by atoms with van der Waals surface area (Å²) in [5, 5.41) is 3.61. The fraction of sp³-hybridized carbons (Fsp3) is 0.400. The molecule has 2 heterocycles. The third kappa shape index (κ3) is 2.05. The van der Waals surface area contributed by atoms with Crippen LogP contribution in [0.2, 0.25) is 0 Å². The van der Waals surface area contributed by atoms with Gasteiger partial charge in [0.05, 0.1) is 0 Å². The van der Waals surface area contributed by atoms with E-state index < -0.39 is 0 Å². The molecule has 0 radical (unpaired) electrons. The van der Waals surface area contributed by atoms with Crippen LogP contribution in [0.1, 0.15) is 30.4 Å². The molecule has 17 heavy (non-hydrogen) atoms. The standard InChI is InChI=1S/C15H18N2/c1-2-11-7-14(10-16-9-11)13-4-3-12-5-6-17-15(12)8-13/h2,4,7,9-10,12,15,17H,1,3,5-6,8H2. The van der Waals surface area contributed by atoms with E-state index in [1.54, 1.807) is 0 Å².